The molecule has 1 aliphatic carbocycles. The smallest absolute Gasteiger partial charge is 0.0757 e. The van der Waals surface area contributed by atoms with Gasteiger partial charge in [-0.25, -0.2) is 0 Å². The largest absolute Gasteiger partial charge is 0.370 e. The summed E-state index contributed by atoms with van der Waals surface area (Å²) >= 11 is 0. The first-order valence-electron chi connectivity index (χ1n) is 8.07. The van der Waals surface area contributed by atoms with Gasteiger partial charge >= 0.3 is 0 Å². The number of hydrogen-bond donors (Lipinski definition) is 1. The first kappa shape index (κ1) is 15.3. The Morgan fingerprint density at radius 2 is 2.05 bits per heavy atom. The van der Waals surface area contributed by atoms with Crippen molar-refractivity contribution >= 4 is 0 Å². The molecule has 0 amide bonds. The predicted molar refractivity (Wildman–Crippen MR) is 80.2 cm³/mol. The van der Waals surface area contributed by atoms with Crippen molar-refractivity contribution < 1.29 is 4.74 Å². The van der Waals surface area contributed by atoms with Crippen molar-refractivity contribution in [2.24, 2.45) is 17.6 Å². The maximum Gasteiger partial charge on any atom is 0.0757 e. The molecule has 3 heteroatoms. The molecule has 3 nitrogen and oxygen atoms in total. The zero-order chi connectivity index (χ0) is 14.0. The fourth-order valence-corrected chi connectivity index (χ4v) is 4.14. The molecule has 0 radical (unpaired) electrons. The highest BCUT2D eigenvalue weighted by Gasteiger charge is 2.39. The minimum atomic E-state index is -0.0179. The molecule has 4 unspecified atom stereocenters. The van der Waals surface area contributed by atoms with Gasteiger partial charge in [0.05, 0.1) is 11.7 Å². The number of morpholine rings is 1. The number of hydrogen-bond acceptors (Lipinski definition) is 3. The number of nitrogens with zero attached hydrogens (tertiary/aromatic N) is 1. The molecule has 2 aliphatic rings. The van der Waals surface area contributed by atoms with Crippen LogP contribution in [-0.4, -0.2) is 42.3 Å². The second-order valence-corrected chi connectivity index (χ2v) is 7.27. The van der Waals surface area contributed by atoms with E-state index in [4.69, 9.17) is 10.5 Å². The van der Waals surface area contributed by atoms with Gasteiger partial charge in [0, 0.05) is 19.1 Å². The van der Waals surface area contributed by atoms with Gasteiger partial charge in [0.25, 0.3) is 0 Å². The van der Waals surface area contributed by atoms with Crippen LogP contribution in [-0.2, 0) is 4.74 Å². The Morgan fingerprint density at radius 1 is 1.32 bits per heavy atom. The molecule has 19 heavy (non-hydrogen) atoms. The van der Waals surface area contributed by atoms with Gasteiger partial charge in [-0.05, 0) is 52.0 Å². The van der Waals surface area contributed by atoms with Gasteiger partial charge in [0.1, 0.15) is 0 Å². The van der Waals surface area contributed by atoms with E-state index in [1.54, 1.807) is 0 Å². The summed E-state index contributed by atoms with van der Waals surface area (Å²) in [7, 11) is 0. The third-order valence-electron chi connectivity index (χ3n) is 5.01. The maximum absolute atomic E-state index is 6.04. The number of rotatable bonds is 3. The Morgan fingerprint density at radius 3 is 2.63 bits per heavy atom. The summed E-state index contributed by atoms with van der Waals surface area (Å²) < 4.78 is 6.04. The van der Waals surface area contributed by atoms with Crippen LogP contribution >= 0.6 is 0 Å². The summed E-state index contributed by atoms with van der Waals surface area (Å²) in [5, 5.41) is 0. The van der Waals surface area contributed by atoms with Crippen molar-refractivity contribution in [3.8, 4) is 0 Å². The van der Waals surface area contributed by atoms with Gasteiger partial charge in [-0.3, -0.25) is 4.90 Å². The zero-order valence-corrected chi connectivity index (χ0v) is 13.2. The average molecular weight is 268 g/mol. The SMILES string of the molecule is CCC1CCC(CN)C(N2CC(C)OC(C)(C)C2)C1. The summed E-state index contributed by atoms with van der Waals surface area (Å²) in [6, 6.07) is 0.675. The Kier molecular flexibility index (Phi) is 4.91. The average Bonchev–Trinajstić information content (AvgIpc) is 2.35. The van der Waals surface area contributed by atoms with Crippen LogP contribution in [0.25, 0.3) is 0 Å². The molecule has 1 heterocycles. The van der Waals surface area contributed by atoms with Crippen LogP contribution in [0.3, 0.4) is 0 Å². The molecule has 1 saturated carbocycles. The summed E-state index contributed by atoms with van der Waals surface area (Å²) in [6.07, 6.45) is 5.67. The molecule has 0 aromatic heterocycles. The van der Waals surface area contributed by atoms with E-state index < -0.39 is 0 Å². The second kappa shape index (κ2) is 6.11. The lowest BCUT2D eigenvalue weighted by atomic mass is 9.76. The Bertz CT molecular complexity index is 292. The fraction of sp³-hybridized carbons (Fsp3) is 1.00. The lowest BCUT2D eigenvalue weighted by Gasteiger charge is -2.49. The van der Waals surface area contributed by atoms with E-state index >= 15 is 0 Å². The minimum absolute atomic E-state index is 0.0179. The quantitative estimate of drug-likeness (QED) is 0.855. The van der Waals surface area contributed by atoms with E-state index in [-0.39, 0.29) is 5.60 Å². The van der Waals surface area contributed by atoms with Gasteiger partial charge in [0.15, 0.2) is 0 Å². The van der Waals surface area contributed by atoms with Crippen LogP contribution < -0.4 is 5.73 Å². The van der Waals surface area contributed by atoms with Crippen LogP contribution in [0.1, 0.15) is 53.4 Å². The highest BCUT2D eigenvalue weighted by Crippen LogP contribution is 2.36. The first-order valence-corrected chi connectivity index (χ1v) is 8.07. The Labute approximate surface area is 118 Å². The van der Waals surface area contributed by atoms with Crippen molar-refractivity contribution in [3.63, 3.8) is 0 Å². The predicted octanol–water partition coefficient (Wildman–Crippen LogP) is 2.64. The van der Waals surface area contributed by atoms with Gasteiger partial charge in [0.2, 0.25) is 0 Å². The van der Waals surface area contributed by atoms with Crippen molar-refractivity contribution in [1.82, 2.24) is 4.90 Å². The van der Waals surface area contributed by atoms with Crippen LogP contribution in [0.15, 0.2) is 0 Å². The number of ether oxygens (including phenoxy) is 1. The van der Waals surface area contributed by atoms with Gasteiger partial charge in [-0.1, -0.05) is 19.8 Å². The van der Waals surface area contributed by atoms with E-state index in [0.717, 1.165) is 25.6 Å². The third-order valence-corrected chi connectivity index (χ3v) is 5.01. The van der Waals surface area contributed by atoms with Crippen molar-refractivity contribution in [2.75, 3.05) is 19.6 Å². The Hall–Kier alpha value is -0.120. The highest BCUT2D eigenvalue weighted by atomic mass is 16.5. The highest BCUT2D eigenvalue weighted by molar-refractivity contribution is 4.92. The lowest BCUT2D eigenvalue weighted by Crippen LogP contribution is -2.58. The van der Waals surface area contributed by atoms with Crippen LogP contribution in [0.4, 0.5) is 0 Å². The van der Waals surface area contributed by atoms with Crippen LogP contribution in [0, 0.1) is 11.8 Å². The molecule has 0 aromatic rings. The van der Waals surface area contributed by atoms with Crippen molar-refractivity contribution in [1.29, 1.82) is 0 Å². The molecule has 0 aromatic carbocycles. The Balaban J connectivity index is 2.07. The summed E-state index contributed by atoms with van der Waals surface area (Å²) in [5.41, 5.74) is 6.01. The van der Waals surface area contributed by atoms with E-state index in [1.807, 2.05) is 0 Å². The molecular weight excluding hydrogens is 236 g/mol. The summed E-state index contributed by atoms with van der Waals surface area (Å²) in [5.74, 6) is 1.58. The minimum Gasteiger partial charge on any atom is -0.370 e. The zero-order valence-electron chi connectivity index (χ0n) is 13.2. The number of nitrogens with two attached hydrogens (primary N) is 1. The second-order valence-electron chi connectivity index (χ2n) is 7.27. The molecule has 112 valence electrons. The topological polar surface area (TPSA) is 38.5 Å². The molecule has 1 saturated heterocycles. The summed E-state index contributed by atoms with van der Waals surface area (Å²) in [6.45, 7) is 11.9. The molecule has 4 atom stereocenters. The molecular formula is C16H32N2O. The molecule has 2 N–H and O–H groups in total. The normalized spacial score (nSPS) is 40.3. The third kappa shape index (κ3) is 3.71. The van der Waals surface area contributed by atoms with E-state index in [9.17, 15) is 0 Å². The first-order chi connectivity index (χ1) is 8.95. The van der Waals surface area contributed by atoms with E-state index in [2.05, 4.69) is 32.6 Å². The molecule has 0 spiro atoms. The van der Waals surface area contributed by atoms with E-state index in [1.165, 1.54) is 25.7 Å². The fourth-order valence-electron chi connectivity index (χ4n) is 4.14. The van der Waals surface area contributed by atoms with Crippen LogP contribution in [0.2, 0.25) is 0 Å². The van der Waals surface area contributed by atoms with Crippen molar-refractivity contribution in [2.45, 2.75) is 71.1 Å². The molecule has 2 fully saturated rings. The van der Waals surface area contributed by atoms with Gasteiger partial charge < -0.3 is 10.5 Å². The summed E-state index contributed by atoms with van der Waals surface area (Å²) in [4.78, 5) is 2.67. The lowest BCUT2D eigenvalue weighted by molar-refractivity contribution is -0.146. The maximum atomic E-state index is 6.04. The van der Waals surface area contributed by atoms with Gasteiger partial charge in [-0.2, -0.15) is 0 Å². The standard InChI is InChI=1S/C16H32N2O/c1-5-13-6-7-14(9-17)15(8-13)18-10-12(2)19-16(3,4)11-18/h12-15H,5-11,17H2,1-4H3. The molecule has 0 bridgehead atoms. The van der Waals surface area contributed by atoms with Crippen LogP contribution in [0.5, 0.6) is 0 Å². The monoisotopic (exact) mass is 268 g/mol. The van der Waals surface area contributed by atoms with E-state index in [0.29, 0.717) is 18.1 Å². The van der Waals surface area contributed by atoms with Gasteiger partial charge in [-0.15, -0.1) is 0 Å². The molecule has 2 rings (SSSR count). The molecule has 1 aliphatic heterocycles. The van der Waals surface area contributed by atoms with Crippen molar-refractivity contribution in [3.05, 3.63) is 0 Å².